The zero-order chi connectivity index (χ0) is 16.7. The van der Waals surface area contributed by atoms with Gasteiger partial charge >= 0.3 is 5.97 Å². The number of carbonyl (C=O) groups excluding carboxylic acids is 1. The number of nitrogen functional groups attached to an aromatic ring is 1. The molecule has 0 fully saturated rings. The number of nitrogens with zero attached hydrogens (tertiary/aromatic N) is 2. The maximum absolute atomic E-state index is 13.8. The van der Waals surface area contributed by atoms with Gasteiger partial charge in [0.15, 0.2) is 5.82 Å². The highest BCUT2D eigenvalue weighted by atomic mass is 19.1. The lowest BCUT2D eigenvalue weighted by Gasteiger charge is -2.06. The fraction of sp³-hybridized carbons (Fsp3) is 0.133. The van der Waals surface area contributed by atoms with E-state index in [1.807, 2.05) is 0 Å². The monoisotopic (exact) mass is 307 g/mol. The molecule has 0 unspecified atom stereocenters. The second kappa shape index (κ2) is 7.82. The number of hydrogen-bond acceptors (Lipinski definition) is 5. The molecule has 0 saturated carbocycles. The van der Waals surface area contributed by atoms with E-state index in [0.29, 0.717) is 0 Å². The lowest BCUT2D eigenvalue weighted by molar-refractivity contribution is -0.138. The van der Waals surface area contributed by atoms with Gasteiger partial charge in [-0.1, -0.05) is 6.58 Å². The topological polar surface area (TPSA) is 77.0 Å². The van der Waals surface area contributed by atoms with E-state index in [9.17, 15) is 13.6 Å². The number of aliphatic imine (C=N–C) groups is 2. The SMILES string of the molecule is C=NC(=CC=NC(=C)c1c(F)ccc(N)c1F)C(=O)OCC. The number of carbonyl (C=O) groups is 1. The van der Waals surface area contributed by atoms with Crippen molar-refractivity contribution in [2.45, 2.75) is 6.92 Å². The summed E-state index contributed by atoms with van der Waals surface area (Å²) in [5, 5.41) is 0. The van der Waals surface area contributed by atoms with Crippen molar-refractivity contribution >= 4 is 30.3 Å². The first-order valence-corrected chi connectivity index (χ1v) is 6.23. The van der Waals surface area contributed by atoms with Crippen molar-refractivity contribution in [2.24, 2.45) is 9.98 Å². The minimum absolute atomic E-state index is 0.0908. The predicted octanol–water partition coefficient (Wildman–Crippen LogP) is 2.74. The number of halogens is 2. The summed E-state index contributed by atoms with van der Waals surface area (Å²) in [6.07, 6.45) is 2.31. The first kappa shape index (κ1) is 17.2. The Kier molecular flexibility index (Phi) is 6.12. The summed E-state index contributed by atoms with van der Waals surface area (Å²) >= 11 is 0. The first-order valence-electron chi connectivity index (χ1n) is 6.23. The molecular formula is C15H15F2N3O2. The maximum atomic E-state index is 13.8. The number of nitrogens with two attached hydrogens (primary N) is 1. The molecular weight excluding hydrogens is 292 g/mol. The Morgan fingerprint density at radius 1 is 1.45 bits per heavy atom. The number of allylic oxidation sites excluding steroid dienone is 1. The van der Waals surface area contributed by atoms with Crippen molar-refractivity contribution in [3.05, 3.63) is 47.7 Å². The quantitative estimate of drug-likeness (QED) is 0.380. The average Bonchev–Trinajstić information content (AvgIpc) is 2.48. The number of ether oxygens (including phenoxy) is 1. The van der Waals surface area contributed by atoms with Gasteiger partial charge in [-0.3, -0.25) is 9.98 Å². The Morgan fingerprint density at radius 2 is 2.14 bits per heavy atom. The van der Waals surface area contributed by atoms with Gasteiger partial charge in [0.1, 0.15) is 11.5 Å². The number of esters is 1. The molecule has 0 atom stereocenters. The second-order valence-corrected chi connectivity index (χ2v) is 3.98. The Balaban J connectivity index is 3.00. The third kappa shape index (κ3) is 4.08. The van der Waals surface area contributed by atoms with E-state index in [1.54, 1.807) is 6.92 Å². The number of anilines is 1. The molecule has 7 heteroatoms. The molecule has 1 aromatic rings. The fourth-order valence-electron chi connectivity index (χ4n) is 1.49. The molecule has 0 aromatic heterocycles. The first-order chi connectivity index (χ1) is 10.4. The van der Waals surface area contributed by atoms with Gasteiger partial charge in [0, 0.05) is 6.21 Å². The van der Waals surface area contributed by atoms with E-state index in [1.165, 1.54) is 6.08 Å². The van der Waals surface area contributed by atoms with E-state index in [2.05, 4.69) is 23.3 Å². The van der Waals surface area contributed by atoms with Gasteiger partial charge in [0.05, 0.1) is 23.6 Å². The molecule has 0 saturated heterocycles. The van der Waals surface area contributed by atoms with Gasteiger partial charge in [-0.05, 0) is 31.9 Å². The van der Waals surface area contributed by atoms with E-state index in [4.69, 9.17) is 10.5 Å². The van der Waals surface area contributed by atoms with Gasteiger partial charge < -0.3 is 10.5 Å². The van der Waals surface area contributed by atoms with Crippen LogP contribution in [0, 0.1) is 11.6 Å². The van der Waals surface area contributed by atoms with Crippen molar-refractivity contribution in [3.8, 4) is 0 Å². The minimum Gasteiger partial charge on any atom is -0.461 e. The number of hydrogen-bond donors (Lipinski definition) is 1. The maximum Gasteiger partial charge on any atom is 0.356 e. The molecule has 0 aliphatic heterocycles. The molecule has 0 spiro atoms. The van der Waals surface area contributed by atoms with Crippen LogP contribution in [0.25, 0.3) is 5.70 Å². The second-order valence-electron chi connectivity index (χ2n) is 3.98. The van der Waals surface area contributed by atoms with Crippen LogP contribution in [0.4, 0.5) is 14.5 Å². The fourth-order valence-corrected chi connectivity index (χ4v) is 1.49. The van der Waals surface area contributed by atoms with Crippen molar-refractivity contribution < 1.29 is 18.3 Å². The highest BCUT2D eigenvalue weighted by Crippen LogP contribution is 2.25. The molecule has 0 aliphatic rings. The Labute approximate surface area is 126 Å². The van der Waals surface area contributed by atoms with Crippen LogP contribution in [0.1, 0.15) is 12.5 Å². The van der Waals surface area contributed by atoms with Crippen LogP contribution in [0.3, 0.4) is 0 Å². The third-order valence-electron chi connectivity index (χ3n) is 2.53. The van der Waals surface area contributed by atoms with Crippen molar-refractivity contribution in [1.29, 1.82) is 0 Å². The van der Waals surface area contributed by atoms with Crippen LogP contribution in [-0.4, -0.2) is 25.5 Å². The van der Waals surface area contributed by atoms with Crippen LogP contribution < -0.4 is 5.73 Å². The van der Waals surface area contributed by atoms with Crippen LogP contribution >= 0.6 is 0 Å². The summed E-state index contributed by atoms with van der Waals surface area (Å²) in [7, 11) is 0. The number of benzene rings is 1. The number of rotatable bonds is 6. The molecule has 1 aromatic carbocycles. The van der Waals surface area contributed by atoms with Gasteiger partial charge in [-0.15, -0.1) is 0 Å². The molecule has 22 heavy (non-hydrogen) atoms. The van der Waals surface area contributed by atoms with Gasteiger partial charge in [0.2, 0.25) is 0 Å². The Morgan fingerprint density at radius 3 is 2.73 bits per heavy atom. The predicted molar refractivity (Wildman–Crippen MR) is 82.6 cm³/mol. The zero-order valence-corrected chi connectivity index (χ0v) is 12.0. The lowest BCUT2D eigenvalue weighted by Crippen LogP contribution is -2.06. The summed E-state index contributed by atoms with van der Waals surface area (Å²) in [4.78, 5) is 18.7. The summed E-state index contributed by atoms with van der Waals surface area (Å²) in [6.45, 7) is 8.50. The molecule has 0 aliphatic carbocycles. The standard InChI is InChI=1S/C15H15F2N3O2/c1-4-22-15(21)12(19-3)7-8-20-9(2)13-10(16)5-6-11(18)14(13)17/h5-8H,2-4,18H2,1H3. The van der Waals surface area contributed by atoms with Gasteiger partial charge in [-0.25, -0.2) is 13.6 Å². The summed E-state index contributed by atoms with van der Waals surface area (Å²) in [6, 6.07) is 2.12. The van der Waals surface area contributed by atoms with Gasteiger partial charge in [0.25, 0.3) is 0 Å². The van der Waals surface area contributed by atoms with Crippen LogP contribution in [-0.2, 0) is 9.53 Å². The molecule has 2 N–H and O–H groups in total. The van der Waals surface area contributed by atoms with Gasteiger partial charge in [-0.2, -0.15) is 0 Å². The summed E-state index contributed by atoms with van der Waals surface area (Å²) in [5.74, 6) is -2.47. The van der Waals surface area contributed by atoms with Crippen molar-refractivity contribution in [3.63, 3.8) is 0 Å². The Hall–Kier alpha value is -2.83. The highest BCUT2D eigenvalue weighted by Gasteiger charge is 2.14. The molecule has 0 amide bonds. The summed E-state index contributed by atoms with van der Waals surface area (Å²) < 4.78 is 32.1. The normalized spacial score (nSPS) is 11.5. The van der Waals surface area contributed by atoms with Crippen LogP contribution in [0.5, 0.6) is 0 Å². The lowest BCUT2D eigenvalue weighted by atomic mass is 10.1. The van der Waals surface area contributed by atoms with E-state index < -0.39 is 23.2 Å². The smallest absolute Gasteiger partial charge is 0.356 e. The molecule has 116 valence electrons. The van der Waals surface area contributed by atoms with Crippen LogP contribution in [0.2, 0.25) is 0 Å². The molecule has 0 heterocycles. The largest absolute Gasteiger partial charge is 0.461 e. The van der Waals surface area contributed by atoms with Crippen LogP contribution in [0.15, 0.2) is 40.5 Å². The minimum atomic E-state index is -0.946. The Bertz CT molecular complexity index is 667. The molecule has 0 bridgehead atoms. The highest BCUT2D eigenvalue weighted by molar-refractivity contribution is 5.94. The third-order valence-corrected chi connectivity index (χ3v) is 2.53. The average molecular weight is 307 g/mol. The van der Waals surface area contributed by atoms with E-state index in [0.717, 1.165) is 18.3 Å². The van der Waals surface area contributed by atoms with Crippen molar-refractivity contribution in [2.75, 3.05) is 12.3 Å². The summed E-state index contributed by atoms with van der Waals surface area (Å²) in [5.41, 5.74) is 4.43. The zero-order valence-electron chi connectivity index (χ0n) is 12.0. The molecule has 0 radical (unpaired) electrons. The van der Waals surface area contributed by atoms with E-state index >= 15 is 0 Å². The molecule has 1 rings (SSSR count). The molecule has 5 nitrogen and oxygen atoms in total. The van der Waals surface area contributed by atoms with Crippen molar-refractivity contribution in [1.82, 2.24) is 0 Å². The van der Waals surface area contributed by atoms with E-state index in [-0.39, 0.29) is 23.7 Å².